The van der Waals surface area contributed by atoms with Gasteiger partial charge in [0.2, 0.25) is 0 Å². The summed E-state index contributed by atoms with van der Waals surface area (Å²) in [5.41, 5.74) is 0.575. The van der Waals surface area contributed by atoms with Gasteiger partial charge >= 0.3 is 51.4 Å². The average Bonchev–Trinajstić information content (AvgIpc) is 2.15. The Kier molecular flexibility index (Phi) is 7.90. The first-order valence-corrected chi connectivity index (χ1v) is 4.18. The van der Waals surface area contributed by atoms with Crippen LogP contribution >= 0.6 is 0 Å². The minimum atomic E-state index is -1.13. The molecule has 0 saturated carbocycles. The Hall–Kier alpha value is -0.204. The Morgan fingerprint density at radius 1 is 1.47 bits per heavy atom. The Morgan fingerprint density at radius 2 is 2.13 bits per heavy atom. The fraction of sp³-hybridized carbons (Fsp3) is 0.200. The van der Waals surface area contributed by atoms with E-state index in [1.54, 1.807) is 24.3 Å². The van der Waals surface area contributed by atoms with Gasteiger partial charge in [-0.2, -0.15) is 0 Å². The number of benzene rings is 1. The van der Waals surface area contributed by atoms with Gasteiger partial charge in [0.25, 0.3) is 0 Å². The predicted octanol–water partition coefficient (Wildman–Crippen LogP) is -3.04. The van der Waals surface area contributed by atoms with E-state index in [0.717, 1.165) is 0 Å². The van der Waals surface area contributed by atoms with Crippen LogP contribution in [0.4, 0.5) is 0 Å². The van der Waals surface area contributed by atoms with Crippen LogP contribution < -0.4 is 56.5 Å². The van der Waals surface area contributed by atoms with Gasteiger partial charge < -0.3 is 15.0 Å². The maximum absolute atomic E-state index is 10.0. The number of carbonyl (C=O) groups is 1. The third kappa shape index (κ3) is 6.06. The van der Waals surface area contributed by atoms with Crippen LogP contribution in [-0.2, 0) is 4.79 Å². The molecular formula is C10H10KNO3. The zero-order valence-electron chi connectivity index (χ0n) is 8.51. The number of carboxylic acids is 1. The summed E-state index contributed by atoms with van der Waals surface area (Å²) in [6.45, 7) is 0.163. The van der Waals surface area contributed by atoms with E-state index in [9.17, 15) is 15.0 Å². The molecule has 1 aromatic carbocycles. The summed E-state index contributed by atoms with van der Waals surface area (Å²) in [7, 11) is 0. The molecule has 5 heteroatoms. The first-order valence-electron chi connectivity index (χ1n) is 4.18. The standard InChI is InChI=1S/C10H11NO3.K/c12-9-4-2-1-3-8(9)7-11-6-5-10(13)14;/h1-4,7,12H,5-6H2,(H,13,14);/q;+1/p-1. The number of phenolic OH excluding ortho intramolecular Hbond substituents is 1. The normalized spacial score (nSPS) is 9.87. The molecule has 74 valence electrons. The van der Waals surface area contributed by atoms with E-state index in [1.165, 1.54) is 6.21 Å². The van der Waals surface area contributed by atoms with Gasteiger partial charge in [-0.25, -0.2) is 0 Å². The summed E-state index contributed by atoms with van der Waals surface area (Å²) in [6.07, 6.45) is 1.34. The summed E-state index contributed by atoms with van der Waals surface area (Å²) in [5.74, 6) is -0.996. The number of carbonyl (C=O) groups excluding carboxylic acids is 1. The van der Waals surface area contributed by atoms with Gasteiger partial charge in [-0.3, -0.25) is 4.99 Å². The number of rotatable bonds is 4. The molecule has 0 amide bonds. The van der Waals surface area contributed by atoms with Crippen molar-refractivity contribution in [3.63, 3.8) is 0 Å². The number of carboxylic acid groups (broad SMARTS) is 1. The molecule has 4 nitrogen and oxygen atoms in total. The fourth-order valence-corrected chi connectivity index (χ4v) is 0.915. The van der Waals surface area contributed by atoms with E-state index in [4.69, 9.17) is 0 Å². The molecule has 0 unspecified atom stereocenters. The number of hydrogen-bond donors (Lipinski definition) is 1. The van der Waals surface area contributed by atoms with Crippen molar-refractivity contribution in [2.75, 3.05) is 6.54 Å². The van der Waals surface area contributed by atoms with Crippen molar-refractivity contribution in [1.82, 2.24) is 0 Å². The van der Waals surface area contributed by atoms with Gasteiger partial charge in [0.15, 0.2) is 0 Å². The number of aromatic hydroxyl groups is 1. The second kappa shape index (κ2) is 8.01. The van der Waals surface area contributed by atoms with Gasteiger partial charge in [0, 0.05) is 30.7 Å². The molecule has 0 spiro atoms. The fourth-order valence-electron chi connectivity index (χ4n) is 0.915. The molecule has 0 heterocycles. The van der Waals surface area contributed by atoms with Gasteiger partial charge in [0.05, 0.1) is 0 Å². The quantitative estimate of drug-likeness (QED) is 0.442. The number of nitrogens with zero attached hydrogens (tertiary/aromatic N) is 1. The monoisotopic (exact) mass is 231 g/mol. The van der Waals surface area contributed by atoms with Crippen molar-refractivity contribution >= 4 is 12.2 Å². The number of aliphatic carboxylic acids is 1. The Labute approximate surface area is 130 Å². The second-order valence-electron chi connectivity index (χ2n) is 2.72. The van der Waals surface area contributed by atoms with Crippen molar-refractivity contribution in [3.05, 3.63) is 29.8 Å². The molecule has 0 atom stereocenters. The molecule has 0 radical (unpaired) electrons. The zero-order chi connectivity index (χ0) is 10.4. The van der Waals surface area contributed by atoms with Gasteiger partial charge in [-0.05, 0) is 12.1 Å². The molecule has 1 rings (SSSR count). The smallest absolute Gasteiger partial charge is 0.550 e. The van der Waals surface area contributed by atoms with Crippen LogP contribution in [0.1, 0.15) is 12.0 Å². The molecule has 1 N–H and O–H groups in total. The summed E-state index contributed by atoms with van der Waals surface area (Å²) < 4.78 is 0. The molecule has 0 aromatic heterocycles. The van der Waals surface area contributed by atoms with Crippen LogP contribution in [0.2, 0.25) is 0 Å². The van der Waals surface area contributed by atoms with Gasteiger partial charge in [-0.15, -0.1) is 0 Å². The van der Waals surface area contributed by atoms with Gasteiger partial charge in [0.1, 0.15) is 5.75 Å². The minimum Gasteiger partial charge on any atom is -0.550 e. The molecule has 0 saturated heterocycles. The molecular weight excluding hydrogens is 221 g/mol. The predicted molar refractivity (Wildman–Crippen MR) is 50.2 cm³/mol. The molecule has 0 bridgehead atoms. The summed E-state index contributed by atoms with van der Waals surface area (Å²) in [4.78, 5) is 13.9. The Balaban J connectivity index is 0.00000196. The van der Waals surface area contributed by atoms with Crippen molar-refractivity contribution in [2.45, 2.75) is 6.42 Å². The van der Waals surface area contributed by atoms with E-state index >= 15 is 0 Å². The van der Waals surface area contributed by atoms with E-state index in [2.05, 4.69) is 4.99 Å². The van der Waals surface area contributed by atoms with E-state index in [0.29, 0.717) is 5.56 Å². The molecule has 0 aliphatic heterocycles. The molecule has 0 aliphatic carbocycles. The van der Waals surface area contributed by atoms with Crippen LogP contribution in [0.25, 0.3) is 0 Å². The van der Waals surface area contributed by atoms with Crippen LogP contribution in [0.5, 0.6) is 5.75 Å². The van der Waals surface area contributed by atoms with Crippen molar-refractivity contribution < 1.29 is 66.4 Å². The minimum absolute atomic E-state index is 0. The van der Waals surface area contributed by atoms with E-state index < -0.39 is 5.97 Å². The van der Waals surface area contributed by atoms with Gasteiger partial charge in [-0.1, -0.05) is 12.1 Å². The number of aliphatic imine (C=N–C) groups is 1. The number of phenols is 1. The molecule has 0 fully saturated rings. The molecule has 15 heavy (non-hydrogen) atoms. The van der Waals surface area contributed by atoms with Crippen molar-refractivity contribution in [1.29, 1.82) is 0 Å². The SMILES string of the molecule is O=C([O-])CCN=Cc1ccccc1O.[K+]. The topological polar surface area (TPSA) is 72.7 Å². The van der Waals surface area contributed by atoms with Crippen LogP contribution in [-0.4, -0.2) is 23.8 Å². The Bertz CT molecular complexity index is 352. The third-order valence-electron chi connectivity index (χ3n) is 1.61. The van der Waals surface area contributed by atoms with E-state index in [-0.39, 0.29) is 70.1 Å². The maximum atomic E-state index is 10.0. The van der Waals surface area contributed by atoms with Crippen molar-refractivity contribution in [3.8, 4) is 5.75 Å². The van der Waals surface area contributed by atoms with Crippen LogP contribution in [0, 0.1) is 0 Å². The summed E-state index contributed by atoms with van der Waals surface area (Å²) >= 11 is 0. The van der Waals surface area contributed by atoms with Crippen molar-refractivity contribution in [2.24, 2.45) is 4.99 Å². The Morgan fingerprint density at radius 3 is 2.73 bits per heavy atom. The zero-order valence-corrected chi connectivity index (χ0v) is 11.6. The number of para-hydroxylation sites is 1. The average molecular weight is 231 g/mol. The van der Waals surface area contributed by atoms with Crippen LogP contribution in [0.3, 0.4) is 0 Å². The molecule has 1 aromatic rings. The maximum Gasteiger partial charge on any atom is 1.00 e. The summed E-state index contributed by atoms with van der Waals surface area (Å²) in [5, 5.41) is 19.3. The first kappa shape index (κ1) is 14.8. The largest absolute Gasteiger partial charge is 1.00 e. The summed E-state index contributed by atoms with van der Waals surface area (Å²) in [6, 6.07) is 6.70. The van der Waals surface area contributed by atoms with Crippen LogP contribution in [0.15, 0.2) is 29.3 Å². The molecule has 0 aliphatic rings. The number of hydrogen-bond acceptors (Lipinski definition) is 4. The first-order chi connectivity index (χ1) is 6.70. The van der Waals surface area contributed by atoms with E-state index in [1.807, 2.05) is 0 Å². The second-order valence-corrected chi connectivity index (χ2v) is 2.72. The third-order valence-corrected chi connectivity index (χ3v) is 1.61.